The number of nitrogens with zero attached hydrogens (tertiary/aromatic N) is 1. The normalized spacial score (nSPS) is 19.3. The number of para-hydroxylation sites is 1. The van der Waals surface area contributed by atoms with E-state index in [1.807, 2.05) is 0 Å². The molecule has 1 fully saturated rings. The third kappa shape index (κ3) is 2.15. The monoisotopic (exact) mass is 267 g/mol. The number of phenols is 1. The summed E-state index contributed by atoms with van der Waals surface area (Å²) < 4.78 is 0. The minimum absolute atomic E-state index is 0.0665. The minimum Gasteiger partial charge on any atom is -0.506 e. The van der Waals surface area contributed by atoms with Crippen molar-refractivity contribution in [2.24, 2.45) is 5.92 Å². The topological polar surface area (TPSA) is 77.8 Å². The number of carbonyl (C=O) groups excluding carboxylic acids is 1. The van der Waals surface area contributed by atoms with Crippen LogP contribution in [0.5, 0.6) is 5.75 Å². The molecule has 1 saturated heterocycles. The number of carboxylic acid groups (broad SMARTS) is 1. The van der Waals surface area contributed by atoms with Gasteiger partial charge in [-0.1, -0.05) is 6.07 Å². The fourth-order valence-corrected chi connectivity index (χ4v) is 2.35. The van der Waals surface area contributed by atoms with Gasteiger partial charge in [0.1, 0.15) is 11.4 Å². The van der Waals surface area contributed by atoms with E-state index in [1.54, 1.807) is 0 Å². The first-order valence-corrected chi connectivity index (χ1v) is 6.14. The van der Waals surface area contributed by atoms with Crippen LogP contribution >= 0.6 is 12.6 Å². The van der Waals surface area contributed by atoms with E-state index in [1.165, 1.54) is 23.1 Å². The Morgan fingerprint density at radius 2 is 2.22 bits per heavy atom. The highest BCUT2D eigenvalue weighted by molar-refractivity contribution is 7.80. The zero-order valence-corrected chi connectivity index (χ0v) is 10.4. The van der Waals surface area contributed by atoms with Crippen molar-refractivity contribution in [3.05, 3.63) is 23.8 Å². The van der Waals surface area contributed by atoms with Crippen LogP contribution in [0.3, 0.4) is 0 Å². The lowest BCUT2D eigenvalue weighted by Crippen LogP contribution is -2.26. The third-order valence-electron chi connectivity index (χ3n) is 2.98. The second-order valence-electron chi connectivity index (χ2n) is 4.24. The summed E-state index contributed by atoms with van der Waals surface area (Å²) in [7, 11) is 0. The summed E-state index contributed by atoms with van der Waals surface area (Å²) in [5.74, 6) is -0.899. The van der Waals surface area contributed by atoms with Gasteiger partial charge in [-0.2, -0.15) is 12.6 Å². The number of carbonyl (C=O) groups is 2. The molecule has 18 heavy (non-hydrogen) atoms. The minimum atomic E-state index is -1.16. The van der Waals surface area contributed by atoms with Crippen molar-refractivity contribution in [1.29, 1.82) is 0 Å². The molecular weight excluding hydrogens is 254 g/mol. The number of amides is 1. The molecule has 1 aromatic rings. The van der Waals surface area contributed by atoms with Crippen LogP contribution in [0.15, 0.2) is 18.2 Å². The van der Waals surface area contributed by atoms with E-state index in [2.05, 4.69) is 12.6 Å². The zero-order chi connectivity index (χ0) is 13.3. The largest absolute Gasteiger partial charge is 0.506 e. The molecule has 6 heteroatoms. The number of hydrogen-bond donors (Lipinski definition) is 3. The van der Waals surface area contributed by atoms with Gasteiger partial charge in [0.2, 0.25) is 5.91 Å². The van der Waals surface area contributed by atoms with Gasteiger partial charge in [-0.25, -0.2) is 4.79 Å². The number of thiol groups is 1. The molecule has 1 aliphatic heterocycles. The molecule has 0 saturated carbocycles. The SMILES string of the molecule is O=C(O)c1cccc(O)c1N1CC(CS)CC1=O. The van der Waals surface area contributed by atoms with Gasteiger partial charge in [-0.05, 0) is 23.8 Å². The summed E-state index contributed by atoms with van der Waals surface area (Å²) in [6.45, 7) is 0.389. The molecule has 1 unspecified atom stereocenters. The van der Waals surface area contributed by atoms with Crippen LogP contribution in [-0.4, -0.2) is 34.4 Å². The quantitative estimate of drug-likeness (QED) is 0.723. The Labute approximate surface area is 109 Å². The van der Waals surface area contributed by atoms with E-state index in [0.717, 1.165) is 0 Å². The van der Waals surface area contributed by atoms with Gasteiger partial charge in [0.15, 0.2) is 0 Å². The van der Waals surface area contributed by atoms with E-state index < -0.39 is 5.97 Å². The average molecular weight is 267 g/mol. The number of rotatable bonds is 3. The van der Waals surface area contributed by atoms with Crippen LogP contribution in [0.4, 0.5) is 5.69 Å². The van der Waals surface area contributed by atoms with Crippen molar-refractivity contribution >= 4 is 30.2 Å². The number of aromatic carboxylic acids is 1. The van der Waals surface area contributed by atoms with Gasteiger partial charge in [-0.15, -0.1) is 0 Å². The highest BCUT2D eigenvalue weighted by atomic mass is 32.1. The number of hydrogen-bond acceptors (Lipinski definition) is 4. The Morgan fingerprint density at radius 1 is 1.50 bits per heavy atom. The molecule has 96 valence electrons. The van der Waals surface area contributed by atoms with Gasteiger partial charge in [0.25, 0.3) is 0 Å². The van der Waals surface area contributed by atoms with E-state index >= 15 is 0 Å². The lowest BCUT2D eigenvalue weighted by Gasteiger charge is -2.19. The summed E-state index contributed by atoms with van der Waals surface area (Å²) in [5.41, 5.74) is 0.0162. The molecule has 1 aromatic carbocycles. The fourth-order valence-electron chi connectivity index (χ4n) is 2.11. The predicted molar refractivity (Wildman–Crippen MR) is 69.4 cm³/mol. The molecule has 5 nitrogen and oxygen atoms in total. The van der Waals surface area contributed by atoms with E-state index in [0.29, 0.717) is 18.7 Å². The van der Waals surface area contributed by atoms with E-state index in [4.69, 9.17) is 5.11 Å². The average Bonchev–Trinajstić information content (AvgIpc) is 2.70. The van der Waals surface area contributed by atoms with Crippen LogP contribution in [0.1, 0.15) is 16.8 Å². The predicted octanol–water partition coefficient (Wildman–Crippen LogP) is 1.37. The number of benzene rings is 1. The Morgan fingerprint density at radius 3 is 2.78 bits per heavy atom. The van der Waals surface area contributed by atoms with Crippen LogP contribution in [0.25, 0.3) is 0 Å². The molecule has 2 N–H and O–H groups in total. The maximum atomic E-state index is 11.9. The smallest absolute Gasteiger partial charge is 0.337 e. The van der Waals surface area contributed by atoms with Crippen molar-refractivity contribution in [3.8, 4) is 5.75 Å². The van der Waals surface area contributed by atoms with Crippen molar-refractivity contribution in [3.63, 3.8) is 0 Å². The Balaban J connectivity index is 2.45. The number of anilines is 1. The maximum absolute atomic E-state index is 11.9. The van der Waals surface area contributed by atoms with Crippen LogP contribution < -0.4 is 4.90 Å². The molecule has 0 radical (unpaired) electrons. The van der Waals surface area contributed by atoms with Crippen LogP contribution in [0.2, 0.25) is 0 Å². The van der Waals surface area contributed by atoms with E-state index in [-0.39, 0.29) is 28.8 Å². The Bertz CT molecular complexity index is 503. The molecule has 0 aromatic heterocycles. The van der Waals surface area contributed by atoms with Crippen LogP contribution in [-0.2, 0) is 4.79 Å². The molecule has 1 heterocycles. The molecule has 1 aliphatic rings. The molecule has 1 atom stereocenters. The lowest BCUT2D eigenvalue weighted by molar-refractivity contribution is -0.117. The van der Waals surface area contributed by atoms with Crippen molar-refractivity contribution in [1.82, 2.24) is 0 Å². The van der Waals surface area contributed by atoms with Crippen molar-refractivity contribution in [2.75, 3.05) is 17.2 Å². The first kappa shape index (κ1) is 12.8. The van der Waals surface area contributed by atoms with Crippen LogP contribution in [0, 0.1) is 5.92 Å². The van der Waals surface area contributed by atoms with Gasteiger partial charge in [-0.3, -0.25) is 4.79 Å². The maximum Gasteiger partial charge on any atom is 0.337 e. The summed E-state index contributed by atoms with van der Waals surface area (Å²) in [6.07, 6.45) is 0.330. The van der Waals surface area contributed by atoms with Crippen molar-refractivity contribution in [2.45, 2.75) is 6.42 Å². The van der Waals surface area contributed by atoms with Gasteiger partial charge in [0.05, 0.1) is 5.56 Å². The molecule has 0 aliphatic carbocycles. The standard InChI is InChI=1S/C12H13NO4S/c14-9-3-1-2-8(12(16)17)11(9)13-5-7(6-18)4-10(13)15/h1-3,7,14,18H,4-6H2,(H,16,17). The zero-order valence-electron chi connectivity index (χ0n) is 9.54. The third-order valence-corrected chi connectivity index (χ3v) is 3.49. The van der Waals surface area contributed by atoms with Gasteiger partial charge in [0, 0.05) is 13.0 Å². The summed E-state index contributed by atoms with van der Waals surface area (Å²) in [4.78, 5) is 24.3. The number of aromatic hydroxyl groups is 1. The van der Waals surface area contributed by atoms with Gasteiger partial charge < -0.3 is 15.1 Å². The molecular formula is C12H13NO4S. The fraction of sp³-hybridized carbons (Fsp3) is 0.333. The summed E-state index contributed by atoms with van der Waals surface area (Å²) in [5, 5.41) is 18.9. The molecule has 0 spiro atoms. The second kappa shape index (κ2) is 4.89. The van der Waals surface area contributed by atoms with Gasteiger partial charge >= 0.3 is 5.97 Å². The highest BCUT2D eigenvalue weighted by Crippen LogP contribution is 2.35. The highest BCUT2D eigenvalue weighted by Gasteiger charge is 2.33. The summed E-state index contributed by atoms with van der Waals surface area (Å²) in [6, 6.07) is 4.20. The first-order chi connectivity index (χ1) is 8.54. The summed E-state index contributed by atoms with van der Waals surface area (Å²) >= 11 is 4.14. The first-order valence-electron chi connectivity index (χ1n) is 5.51. The Kier molecular flexibility index (Phi) is 3.47. The van der Waals surface area contributed by atoms with E-state index in [9.17, 15) is 14.7 Å². The number of phenolic OH excluding ortho intramolecular Hbond substituents is 1. The molecule has 1 amide bonds. The molecule has 0 bridgehead atoms. The Hall–Kier alpha value is -1.69. The second-order valence-corrected chi connectivity index (χ2v) is 4.60. The lowest BCUT2D eigenvalue weighted by atomic mass is 10.1. The number of carboxylic acids is 1. The van der Waals surface area contributed by atoms with Crippen molar-refractivity contribution < 1.29 is 19.8 Å². The molecule has 2 rings (SSSR count).